The predicted octanol–water partition coefficient (Wildman–Crippen LogP) is 2.60. The molecule has 2 aromatic rings. The van der Waals surface area contributed by atoms with Crippen molar-refractivity contribution in [3.05, 3.63) is 59.5 Å². The molecule has 28 heavy (non-hydrogen) atoms. The molecule has 1 aromatic carbocycles. The summed E-state index contributed by atoms with van der Waals surface area (Å²) >= 11 is 0. The monoisotopic (exact) mass is 396 g/mol. The smallest absolute Gasteiger partial charge is 0.228 e. The van der Waals surface area contributed by atoms with E-state index in [1.54, 1.807) is 44.2 Å². The van der Waals surface area contributed by atoms with Gasteiger partial charge in [-0.2, -0.15) is 15.2 Å². The number of rotatable bonds is 6. The van der Waals surface area contributed by atoms with Crippen LogP contribution < -0.4 is 5.14 Å². The van der Waals surface area contributed by atoms with Gasteiger partial charge in [-0.25, -0.2) is 23.5 Å². The van der Waals surface area contributed by atoms with E-state index >= 15 is 0 Å². The van der Waals surface area contributed by atoms with Crippen LogP contribution in [0.1, 0.15) is 25.0 Å². The molecule has 0 amide bonds. The van der Waals surface area contributed by atoms with Gasteiger partial charge in [0.15, 0.2) is 5.82 Å². The first-order valence-electron chi connectivity index (χ1n) is 8.31. The van der Waals surface area contributed by atoms with Crippen LogP contribution in [0.5, 0.6) is 0 Å². The molecule has 0 spiro atoms. The molecule has 0 unspecified atom stereocenters. The predicted molar refractivity (Wildman–Crippen MR) is 108 cm³/mol. The average molecular weight is 396 g/mol. The molecule has 2 N–H and O–H groups in total. The van der Waals surface area contributed by atoms with Crippen LogP contribution in [-0.4, -0.2) is 34.8 Å². The van der Waals surface area contributed by atoms with Crippen molar-refractivity contribution >= 4 is 21.7 Å². The zero-order chi connectivity index (χ0) is 20.7. The second-order valence-corrected chi connectivity index (χ2v) is 7.66. The zero-order valence-corrected chi connectivity index (χ0v) is 16.6. The van der Waals surface area contributed by atoms with E-state index in [1.165, 1.54) is 6.33 Å². The van der Waals surface area contributed by atoms with Crippen LogP contribution in [0.15, 0.2) is 53.3 Å². The van der Waals surface area contributed by atoms with E-state index in [2.05, 4.69) is 26.0 Å². The fourth-order valence-corrected chi connectivity index (χ4v) is 3.10. The van der Waals surface area contributed by atoms with Gasteiger partial charge in [0.05, 0.1) is 17.4 Å². The minimum atomic E-state index is -3.66. The largest absolute Gasteiger partial charge is 0.253 e. The summed E-state index contributed by atoms with van der Waals surface area (Å²) in [4.78, 5) is 16.7. The number of benzene rings is 1. The van der Waals surface area contributed by atoms with Gasteiger partial charge in [-0.05, 0) is 50.1 Å². The van der Waals surface area contributed by atoms with Crippen LogP contribution in [0.2, 0.25) is 0 Å². The number of nitriles is 1. The summed E-state index contributed by atoms with van der Waals surface area (Å²) in [6.07, 6.45) is 6.27. The molecule has 144 valence electrons. The van der Waals surface area contributed by atoms with Crippen molar-refractivity contribution in [3.63, 3.8) is 0 Å². The topological polar surface area (TPSA) is 135 Å². The summed E-state index contributed by atoms with van der Waals surface area (Å²) < 4.78 is 22.7. The van der Waals surface area contributed by atoms with E-state index in [1.807, 2.05) is 13.0 Å². The third-order valence-electron chi connectivity index (χ3n) is 3.51. The number of aliphatic imine (C=N–C) groups is 1. The third kappa shape index (κ3) is 6.19. The van der Waals surface area contributed by atoms with Crippen molar-refractivity contribution < 1.29 is 8.42 Å². The number of sulfonamides is 1. The number of aromatic nitrogens is 3. The second kappa shape index (κ2) is 9.12. The van der Waals surface area contributed by atoms with Crippen molar-refractivity contribution in [3.8, 4) is 17.5 Å². The molecule has 0 atom stereocenters. The van der Waals surface area contributed by atoms with E-state index in [0.717, 1.165) is 5.56 Å². The Bertz CT molecular complexity index is 1110. The summed E-state index contributed by atoms with van der Waals surface area (Å²) in [7, 11) is -3.66. The van der Waals surface area contributed by atoms with Crippen LogP contribution >= 0.6 is 0 Å². The molecule has 1 heterocycles. The summed E-state index contributed by atoms with van der Waals surface area (Å²) in [6, 6.07) is 7.54. The highest BCUT2D eigenvalue weighted by atomic mass is 32.2. The van der Waals surface area contributed by atoms with Crippen LogP contribution in [-0.2, 0) is 10.0 Å². The molecule has 0 bridgehead atoms. The number of primary sulfonamides is 1. The highest BCUT2D eigenvalue weighted by Crippen LogP contribution is 2.21. The molecule has 1 aromatic heterocycles. The van der Waals surface area contributed by atoms with Crippen molar-refractivity contribution in [2.45, 2.75) is 20.8 Å². The number of nitrogens with two attached hydrogens (primary N) is 1. The lowest BCUT2D eigenvalue weighted by Crippen LogP contribution is -2.17. The van der Waals surface area contributed by atoms with Gasteiger partial charge in [-0.1, -0.05) is 18.2 Å². The van der Waals surface area contributed by atoms with Crippen molar-refractivity contribution in [1.29, 1.82) is 5.26 Å². The van der Waals surface area contributed by atoms with Crippen LogP contribution in [0, 0.1) is 18.3 Å². The Kier molecular flexibility index (Phi) is 6.87. The van der Waals surface area contributed by atoms with Gasteiger partial charge in [-0.15, -0.1) is 0 Å². The highest BCUT2D eigenvalue weighted by Gasteiger charge is 2.10. The molecule has 8 nitrogen and oxygen atoms in total. The molecule has 0 saturated carbocycles. The Hall–Kier alpha value is -3.22. The average Bonchev–Trinajstić information content (AvgIpc) is 2.60. The van der Waals surface area contributed by atoms with E-state index < -0.39 is 10.0 Å². The Morgan fingerprint density at radius 2 is 2.11 bits per heavy atom. The number of allylic oxidation sites excluding steroid dienone is 3. The van der Waals surface area contributed by atoms with E-state index in [-0.39, 0.29) is 11.7 Å². The molecule has 0 aliphatic rings. The maximum absolute atomic E-state index is 11.3. The fourth-order valence-electron chi connectivity index (χ4n) is 2.46. The second-order valence-electron chi connectivity index (χ2n) is 6.05. The molecule has 2 rings (SSSR count). The van der Waals surface area contributed by atoms with Crippen LogP contribution in [0.3, 0.4) is 0 Å². The van der Waals surface area contributed by atoms with Crippen molar-refractivity contribution in [1.82, 2.24) is 15.0 Å². The molecular weight excluding hydrogens is 376 g/mol. The van der Waals surface area contributed by atoms with Gasteiger partial charge in [0, 0.05) is 11.3 Å². The normalized spacial score (nSPS) is 13.0. The maximum atomic E-state index is 11.3. The van der Waals surface area contributed by atoms with Gasteiger partial charge in [0.1, 0.15) is 6.33 Å². The Morgan fingerprint density at radius 3 is 2.75 bits per heavy atom. The Morgan fingerprint density at radius 1 is 1.36 bits per heavy atom. The Balaban J connectivity index is 2.41. The van der Waals surface area contributed by atoms with E-state index in [9.17, 15) is 13.7 Å². The Labute approximate surface area is 164 Å². The lowest BCUT2D eigenvalue weighted by atomic mass is 10.1. The summed E-state index contributed by atoms with van der Waals surface area (Å²) in [5, 5.41) is 14.5. The van der Waals surface area contributed by atoms with Gasteiger partial charge in [-0.3, -0.25) is 0 Å². The number of nitrogens with zero attached hydrogens (tertiary/aromatic N) is 5. The van der Waals surface area contributed by atoms with Crippen molar-refractivity contribution in [2.75, 3.05) is 5.75 Å². The van der Waals surface area contributed by atoms with Gasteiger partial charge >= 0.3 is 0 Å². The fraction of sp³-hybridized carbons (Fsp3) is 0.211. The maximum Gasteiger partial charge on any atom is 0.253 e. The number of hydrogen-bond acceptors (Lipinski definition) is 7. The van der Waals surface area contributed by atoms with Crippen LogP contribution in [0.4, 0.5) is 5.95 Å². The molecule has 0 aliphatic heterocycles. The quantitative estimate of drug-likeness (QED) is 0.589. The van der Waals surface area contributed by atoms with Gasteiger partial charge < -0.3 is 0 Å². The number of hydrogen-bond donors (Lipinski definition) is 1. The van der Waals surface area contributed by atoms with Gasteiger partial charge in [0.2, 0.25) is 10.0 Å². The molecule has 0 saturated heterocycles. The standard InChI is InChI=1S/C19H20N6O2S/c1-4-5-15(11-28(21,26)27)9-14(3)24-19-23-12-22-18(25-19)17-7-6-13(2)8-16(17)10-20/h4-9,12H,11H2,1-3H3,(H2,21,26,27)/b5-4?,15-9+,24-14?. The first-order valence-corrected chi connectivity index (χ1v) is 10.0. The minimum Gasteiger partial charge on any atom is -0.228 e. The molecule has 0 fully saturated rings. The third-order valence-corrected chi connectivity index (χ3v) is 4.25. The lowest BCUT2D eigenvalue weighted by Gasteiger charge is -2.04. The van der Waals surface area contributed by atoms with Crippen LogP contribution in [0.25, 0.3) is 11.4 Å². The lowest BCUT2D eigenvalue weighted by molar-refractivity contribution is 0.600. The SMILES string of the molecule is CC=C/C(=C\C(C)=Nc1ncnc(-c2ccc(C)cc2C#N)n1)CS(N)(=O)=O. The summed E-state index contributed by atoms with van der Waals surface area (Å²) in [5.41, 5.74) is 2.99. The van der Waals surface area contributed by atoms with E-state index in [0.29, 0.717) is 28.2 Å². The van der Waals surface area contributed by atoms with Crippen molar-refractivity contribution in [2.24, 2.45) is 10.1 Å². The van der Waals surface area contributed by atoms with E-state index in [4.69, 9.17) is 5.14 Å². The number of aryl methyl sites for hydroxylation is 1. The molecule has 0 radical (unpaired) electrons. The first kappa shape index (κ1) is 21.1. The van der Waals surface area contributed by atoms with Gasteiger partial charge in [0.25, 0.3) is 5.95 Å². The highest BCUT2D eigenvalue weighted by molar-refractivity contribution is 7.89. The minimum absolute atomic E-state index is 0.152. The zero-order valence-electron chi connectivity index (χ0n) is 15.8. The summed E-state index contributed by atoms with van der Waals surface area (Å²) in [5.74, 6) is 0.181. The molecular formula is C19H20N6O2S. The molecule has 9 heteroatoms. The summed E-state index contributed by atoms with van der Waals surface area (Å²) in [6.45, 7) is 5.37. The molecule has 0 aliphatic carbocycles. The first-order chi connectivity index (χ1) is 13.2.